The predicted molar refractivity (Wildman–Crippen MR) is 109 cm³/mol. The number of nitriles is 1. The van der Waals surface area contributed by atoms with E-state index >= 15 is 0 Å². The number of amides is 3. The van der Waals surface area contributed by atoms with Crippen LogP contribution < -0.4 is 10.1 Å². The Balaban J connectivity index is 1.24. The number of piperidine rings is 2. The van der Waals surface area contributed by atoms with Gasteiger partial charge in [-0.3, -0.25) is 4.79 Å². The number of carbonyl (C=O) groups excluding carboxylic acids is 2. The van der Waals surface area contributed by atoms with Crippen molar-refractivity contribution in [1.29, 1.82) is 5.26 Å². The number of ether oxygens (including phenoxy) is 2. The number of nitrogens with one attached hydrogen (secondary N) is 1. The zero-order valence-corrected chi connectivity index (χ0v) is 17.4. The fourth-order valence-electron chi connectivity index (χ4n) is 4.26. The van der Waals surface area contributed by atoms with Crippen LogP contribution in [0.1, 0.15) is 24.8 Å². The maximum atomic E-state index is 12.9. The van der Waals surface area contributed by atoms with Crippen molar-refractivity contribution in [2.24, 2.45) is 5.92 Å². The average Bonchev–Trinajstić information content (AvgIpc) is 2.77. The second kappa shape index (κ2) is 9.11. The molecule has 0 aliphatic carbocycles. The number of rotatable bonds is 3. The highest BCUT2D eigenvalue weighted by Crippen LogP contribution is 2.27. The van der Waals surface area contributed by atoms with Gasteiger partial charge in [0.25, 0.3) is 0 Å². The second-order valence-corrected chi connectivity index (χ2v) is 8.45. The number of halogens is 1. The molecular weight excluding hydrogens is 408 g/mol. The number of urea groups is 1. The molecule has 0 aromatic heterocycles. The smallest absolute Gasteiger partial charge is 0.320 e. The molecule has 1 N–H and O–H groups in total. The van der Waals surface area contributed by atoms with Gasteiger partial charge in [0.2, 0.25) is 5.91 Å². The minimum Gasteiger partial charge on any atom is -0.492 e. The molecule has 3 fully saturated rings. The minimum atomic E-state index is -0.118. The molecule has 160 valence electrons. The molecule has 9 heteroatoms. The van der Waals surface area contributed by atoms with Crippen LogP contribution in [0.4, 0.5) is 4.79 Å². The lowest BCUT2D eigenvalue weighted by molar-refractivity contribution is -0.139. The lowest BCUT2D eigenvalue weighted by Crippen LogP contribution is -2.62. The van der Waals surface area contributed by atoms with Crippen molar-refractivity contribution < 1.29 is 19.1 Å². The average molecular weight is 433 g/mol. The summed E-state index contributed by atoms with van der Waals surface area (Å²) >= 11 is 6.16. The van der Waals surface area contributed by atoms with E-state index in [9.17, 15) is 9.59 Å². The van der Waals surface area contributed by atoms with E-state index in [4.69, 9.17) is 26.3 Å². The largest absolute Gasteiger partial charge is 0.492 e. The van der Waals surface area contributed by atoms with Crippen molar-refractivity contribution in [1.82, 2.24) is 15.1 Å². The monoisotopic (exact) mass is 432 g/mol. The summed E-state index contributed by atoms with van der Waals surface area (Å²) in [6.07, 6.45) is 2.47. The Morgan fingerprint density at radius 1 is 1.27 bits per heavy atom. The van der Waals surface area contributed by atoms with Crippen molar-refractivity contribution in [3.8, 4) is 11.8 Å². The maximum absolute atomic E-state index is 12.9. The Morgan fingerprint density at radius 3 is 2.77 bits per heavy atom. The predicted octanol–water partition coefficient (Wildman–Crippen LogP) is 2.01. The van der Waals surface area contributed by atoms with Crippen LogP contribution in [-0.4, -0.2) is 73.3 Å². The highest BCUT2D eigenvalue weighted by molar-refractivity contribution is 6.32. The number of nitrogens with zero attached hydrogens (tertiary/aromatic N) is 3. The molecule has 0 radical (unpaired) electrons. The Kier molecular flexibility index (Phi) is 6.30. The molecule has 3 aliphatic heterocycles. The van der Waals surface area contributed by atoms with E-state index in [0.717, 1.165) is 19.3 Å². The van der Waals surface area contributed by atoms with E-state index in [-0.39, 0.29) is 30.7 Å². The summed E-state index contributed by atoms with van der Waals surface area (Å²) in [7, 11) is 0. The van der Waals surface area contributed by atoms with Gasteiger partial charge in [0, 0.05) is 26.2 Å². The normalized spacial score (nSPS) is 24.6. The summed E-state index contributed by atoms with van der Waals surface area (Å²) in [5.74, 6) is 0.806. The van der Waals surface area contributed by atoms with E-state index in [1.807, 2.05) is 9.80 Å². The van der Waals surface area contributed by atoms with E-state index in [1.54, 1.807) is 18.2 Å². The second-order valence-electron chi connectivity index (χ2n) is 8.04. The first kappa shape index (κ1) is 20.8. The SMILES string of the molecule is N#Cc1ccc(OCC2CCN(C(=O)N3CCC4OCC(=O)NC4C3)CC2)c(Cl)c1. The van der Waals surface area contributed by atoms with Gasteiger partial charge in [0.05, 0.1) is 35.4 Å². The zero-order chi connectivity index (χ0) is 21.1. The molecule has 3 heterocycles. The van der Waals surface area contributed by atoms with Crippen molar-refractivity contribution in [2.45, 2.75) is 31.4 Å². The summed E-state index contributed by atoms with van der Waals surface area (Å²) in [5.41, 5.74) is 0.502. The van der Waals surface area contributed by atoms with Crippen LogP contribution in [-0.2, 0) is 9.53 Å². The van der Waals surface area contributed by atoms with Crippen molar-refractivity contribution in [3.05, 3.63) is 28.8 Å². The third kappa shape index (κ3) is 4.63. The topological polar surface area (TPSA) is 94.9 Å². The molecule has 2 atom stereocenters. The van der Waals surface area contributed by atoms with E-state index in [1.165, 1.54) is 0 Å². The molecule has 1 aromatic carbocycles. The highest BCUT2D eigenvalue weighted by atomic mass is 35.5. The van der Waals surface area contributed by atoms with Crippen molar-refractivity contribution >= 4 is 23.5 Å². The fraction of sp³-hybridized carbons (Fsp3) is 0.571. The lowest BCUT2D eigenvalue weighted by Gasteiger charge is -2.43. The summed E-state index contributed by atoms with van der Waals surface area (Å²) in [6.45, 7) is 3.15. The third-order valence-corrected chi connectivity index (χ3v) is 6.31. The first-order valence-electron chi connectivity index (χ1n) is 10.3. The van der Waals surface area contributed by atoms with Crippen LogP contribution in [0.3, 0.4) is 0 Å². The van der Waals surface area contributed by atoms with Gasteiger partial charge in [-0.15, -0.1) is 0 Å². The molecule has 30 heavy (non-hydrogen) atoms. The molecule has 0 spiro atoms. The summed E-state index contributed by atoms with van der Waals surface area (Å²) in [5, 5.41) is 12.3. The van der Waals surface area contributed by atoms with Crippen molar-refractivity contribution in [2.75, 3.05) is 39.4 Å². The Bertz CT molecular complexity index is 850. The van der Waals surface area contributed by atoms with Gasteiger partial charge in [-0.05, 0) is 43.4 Å². The Hall–Kier alpha value is -2.50. The number of hydrogen-bond donors (Lipinski definition) is 1. The number of likely N-dealkylation sites (tertiary alicyclic amines) is 2. The number of benzene rings is 1. The molecule has 0 saturated carbocycles. The van der Waals surface area contributed by atoms with E-state index in [0.29, 0.717) is 55.0 Å². The van der Waals surface area contributed by atoms with Gasteiger partial charge in [0.1, 0.15) is 12.4 Å². The number of morpholine rings is 1. The van der Waals surface area contributed by atoms with Gasteiger partial charge in [-0.2, -0.15) is 5.26 Å². The zero-order valence-electron chi connectivity index (χ0n) is 16.7. The fourth-order valence-corrected chi connectivity index (χ4v) is 4.49. The Morgan fingerprint density at radius 2 is 2.03 bits per heavy atom. The van der Waals surface area contributed by atoms with Crippen LogP contribution in [0.25, 0.3) is 0 Å². The van der Waals surface area contributed by atoms with Crippen LogP contribution in [0, 0.1) is 17.2 Å². The van der Waals surface area contributed by atoms with E-state index in [2.05, 4.69) is 11.4 Å². The van der Waals surface area contributed by atoms with Gasteiger partial charge in [-0.1, -0.05) is 11.6 Å². The van der Waals surface area contributed by atoms with Crippen LogP contribution in [0.5, 0.6) is 5.75 Å². The van der Waals surface area contributed by atoms with Crippen LogP contribution >= 0.6 is 11.6 Å². The Labute approximate surface area is 180 Å². The molecule has 3 saturated heterocycles. The third-order valence-electron chi connectivity index (χ3n) is 6.02. The number of carbonyl (C=O) groups is 2. The van der Waals surface area contributed by atoms with E-state index < -0.39 is 0 Å². The van der Waals surface area contributed by atoms with Gasteiger partial charge >= 0.3 is 6.03 Å². The first-order chi connectivity index (χ1) is 14.5. The molecule has 2 unspecified atom stereocenters. The highest BCUT2D eigenvalue weighted by Gasteiger charge is 2.38. The molecule has 4 rings (SSSR count). The van der Waals surface area contributed by atoms with Crippen molar-refractivity contribution in [3.63, 3.8) is 0 Å². The first-order valence-corrected chi connectivity index (χ1v) is 10.7. The summed E-state index contributed by atoms with van der Waals surface area (Å²) in [4.78, 5) is 28.2. The van der Waals surface area contributed by atoms with Gasteiger partial charge in [-0.25, -0.2) is 4.79 Å². The summed E-state index contributed by atoms with van der Waals surface area (Å²) in [6, 6.07) is 6.97. The maximum Gasteiger partial charge on any atom is 0.320 e. The quantitative estimate of drug-likeness (QED) is 0.788. The molecular formula is C21H25ClN4O4. The molecule has 8 nitrogen and oxygen atoms in total. The molecule has 3 aliphatic rings. The lowest BCUT2D eigenvalue weighted by atomic mass is 9.97. The minimum absolute atomic E-state index is 0.00341. The standard InChI is InChI=1S/C21H25ClN4O4/c22-16-9-15(10-23)1-2-18(16)29-12-14-3-6-25(7-4-14)21(28)26-8-5-19-17(11-26)24-20(27)13-30-19/h1-2,9,14,17,19H,3-8,11-13H2,(H,24,27). The summed E-state index contributed by atoms with van der Waals surface area (Å²) < 4.78 is 11.4. The number of hydrogen-bond acceptors (Lipinski definition) is 5. The molecule has 3 amide bonds. The van der Waals surface area contributed by atoms with Crippen LogP contribution in [0.15, 0.2) is 18.2 Å². The molecule has 1 aromatic rings. The number of fused-ring (bicyclic) bond motifs is 1. The van der Waals surface area contributed by atoms with Gasteiger partial charge in [0.15, 0.2) is 0 Å². The van der Waals surface area contributed by atoms with Crippen LogP contribution in [0.2, 0.25) is 5.02 Å². The van der Waals surface area contributed by atoms with Gasteiger partial charge < -0.3 is 24.6 Å². The molecule has 0 bridgehead atoms.